The van der Waals surface area contributed by atoms with Gasteiger partial charge in [-0.3, -0.25) is 4.21 Å². The molecule has 0 fully saturated rings. The molecule has 2 N–H and O–H groups in total. The Morgan fingerprint density at radius 1 is 1.47 bits per heavy atom. The maximum Gasteiger partial charge on any atom is 0.184 e. The lowest BCUT2D eigenvalue weighted by Gasteiger charge is -2.06. The minimum atomic E-state index is -0.908. The number of rotatable bonds is 5. The molecular formula is C11H14FN5OS. The zero-order chi connectivity index (χ0) is 13.8. The summed E-state index contributed by atoms with van der Waals surface area (Å²) in [5, 5.41) is 11.2. The summed E-state index contributed by atoms with van der Waals surface area (Å²) in [6.07, 6.45) is 0. The van der Waals surface area contributed by atoms with E-state index in [1.807, 2.05) is 6.92 Å². The van der Waals surface area contributed by atoms with Crippen LogP contribution in [-0.4, -0.2) is 35.9 Å². The number of benzene rings is 1. The fourth-order valence-corrected chi connectivity index (χ4v) is 2.27. The van der Waals surface area contributed by atoms with Crippen LogP contribution in [0.3, 0.4) is 0 Å². The average Bonchev–Trinajstić information content (AvgIpc) is 2.87. The minimum absolute atomic E-state index is 0.380. The van der Waals surface area contributed by atoms with Gasteiger partial charge in [-0.25, -0.2) is 9.07 Å². The van der Waals surface area contributed by atoms with E-state index in [0.717, 1.165) is 0 Å². The molecule has 0 saturated carbocycles. The minimum Gasteiger partial charge on any atom is -0.398 e. The zero-order valence-electron chi connectivity index (χ0n) is 10.4. The van der Waals surface area contributed by atoms with Crippen molar-refractivity contribution >= 4 is 16.5 Å². The summed E-state index contributed by atoms with van der Waals surface area (Å²) in [7, 11) is -0.908. The van der Waals surface area contributed by atoms with Gasteiger partial charge in [0.05, 0.1) is 6.54 Å². The van der Waals surface area contributed by atoms with Gasteiger partial charge in [0.1, 0.15) is 5.82 Å². The number of anilines is 1. The summed E-state index contributed by atoms with van der Waals surface area (Å²) in [5.41, 5.74) is 6.63. The van der Waals surface area contributed by atoms with Crippen molar-refractivity contribution in [3.05, 3.63) is 24.0 Å². The van der Waals surface area contributed by atoms with Crippen molar-refractivity contribution in [1.29, 1.82) is 0 Å². The second-order valence-corrected chi connectivity index (χ2v) is 5.76. The molecule has 1 unspecified atom stereocenters. The van der Waals surface area contributed by atoms with Crippen LogP contribution in [0.15, 0.2) is 18.2 Å². The quantitative estimate of drug-likeness (QED) is 0.821. The standard InChI is InChI=1S/C11H14FN5OS/c1-2-19(18)6-5-17-11(14-15-16-17)9-7-8(12)3-4-10(9)13/h3-4,7H,2,5-6,13H2,1H3. The first-order valence-corrected chi connectivity index (χ1v) is 7.27. The van der Waals surface area contributed by atoms with Gasteiger partial charge in [-0.2, -0.15) is 0 Å². The molecule has 0 saturated heterocycles. The molecule has 0 spiro atoms. The van der Waals surface area contributed by atoms with Crippen molar-refractivity contribution in [2.45, 2.75) is 13.5 Å². The van der Waals surface area contributed by atoms with Gasteiger partial charge in [0.2, 0.25) is 0 Å². The van der Waals surface area contributed by atoms with E-state index >= 15 is 0 Å². The van der Waals surface area contributed by atoms with Crippen LogP contribution in [0, 0.1) is 5.82 Å². The first kappa shape index (κ1) is 13.6. The van der Waals surface area contributed by atoms with Crippen molar-refractivity contribution in [2.75, 3.05) is 17.2 Å². The van der Waals surface area contributed by atoms with E-state index in [9.17, 15) is 8.60 Å². The first-order valence-electron chi connectivity index (χ1n) is 5.78. The highest BCUT2D eigenvalue weighted by Crippen LogP contribution is 2.24. The van der Waals surface area contributed by atoms with Gasteiger partial charge in [0, 0.05) is 33.6 Å². The van der Waals surface area contributed by atoms with Crippen LogP contribution < -0.4 is 5.73 Å². The lowest BCUT2D eigenvalue weighted by molar-refractivity contribution is 0.620. The summed E-state index contributed by atoms with van der Waals surface area (Å²) in [4.78, 5) is 0. The average molecular weight is 283 g/mol. The second kappa shape index (κ2) is 5.87. The molecule has 19 heavy (non-hydrogen) atoms. The van der Waals surface area contributed by atoms with Crippen molar-refractivity contribution in [1.82, 2.24) is 20.2 Å². The number of nitrogens with two attached hydrogens (primary N) is 1. The zero-order valence-corrected chi connectivity index (χ0v) is 11.2. The van der Waals surface area contributed by atoms with Crippen molar-refractivity contribution in [3.63, 3.8) is 0 Å². The molecule has 1 aromatic carbocycles. The predicted molar refractivity (Wildman–Crippen MR) is 71.2 cm³/mol. The highest BCUT2D eigenvalue weighted by atomic mass is 32.2. The number of tetrazole rings is 1. The largest absolute Gasteiger partial charge is 0.398 e. The number of halogens is 1. The smallest absolute Gasteiger partial charge is 0.184 e. The Bertz CT molecular complexity index is 601. The van der Waals surface area contributed by atoms with E-state index in [1.54, 1.807) is 0 Å². The molecule has 1 atom stereocenters. The third-order valence-electron chi connectivity index (χ3n) is 2.64. The van der Waals surface area contributed by atoms with Gasteiger partial charge in [-0.1, -0.05) is 6.92 Å². The maximum absolute atomic E-state index is 13.3. The lowest BCUT2D eigenvalue weighted by Crippen LogP contribution is -2.12. The molecule has 2 aromatic rings. The van der Waals surface area contributed by atoms with Crippen LogP contribution >= 0.6 is 0 Å². The Morgan fingerprint density at radius 3 is 3.00 bits per heavy atom. The Labute approximate surface area is 112 Å². The summed E-state index contributed by atoms with van der Waals surface area (Å²) in [6.45, 7) is 2.25. The monoisotopic (exact) mass is 283 g/mol. The molecule has 2 rings (SSSR count). The molecule has 0 radical (unpaired) electrons. The molecule has 0 amide bonds. The van der Waals surface area contributed by atoms with Gasteiger partial charge in [-0.05, 0) is 28.6 Å². The van der Waals surface area contributed by atoms with E-state index in [0.29, 0.717) is 35.1 Å². The maximum atomic E-state index is 13.3. The molecule has 1 aromatic heterocycles. The molecule has 0 aliphatic carbocycles. The van der Waals surface area contributed by atoms with Crippen molar-refractivity contribution in [3.8, 4) is 11.4 Å². The third-order valence-corrected chi connectivity index (χ3v) is 3.92. The molecule has 102 valence electrons. The molecule has 1 heterocycles. The van der Waals surface area contributed by atoms with Crippen LogP contribution in [0.25, 0.3) is 11.4 Å². The molecule has 0 aliphatic heterocycles. The highest BCUT2D eigenvalue weighted by molar-refractivity contribution is 7.84. The molecule has 0 aliphatic rings. The van der Waals surface area contributed by atoms with Gasteiger partial charge < -0.3 is 5.73 Å². The Balaban J connectivity index is 2.28. The van der Waals surface area contributed by atoms with Crippen LogP contribution in [0.5, 0.6) is 0 Å². The third kappa shape index (κ3) is 3.14. The number of hydrogen-bond donors (Lipinski definition) is 1. The number of aromatic nitrogens is 4. The van der Waals surface area contributed by atoms with E-state index in [2.05, 4.69) is 15.5 Å². The molecule has 6 nitrogen and oxygen atoms in total. The van der Waals surface area contributed by atoms with Crippen molar-refractivity contribution < 1.29 is 8.60 Å². The van der Waals surface area contributed by atoms with E-state index < -0.39 is 16.6 Å². The number of nitrogens with zero attached hydrogens (tertiary/aromatic N) is 4. The second-order valence-electron chi connectivity index (χ2n) is 3.89. The Kier molecular flexibility index (Phi) is 4.20. The SMILES string of the molecule is CCS(=O)CCn1nnnc1-c1cc(F)ccc1N. The van der Waals surface area contributed by atoms with Gasteiger partial charge in [0.15, 0.2) is 5.82 Å². The number of nitrogen functional groups attached to an aromatic ring is 1. The fraction of sp³-hybridized carbons (Fsp3) is 0.364. The topological polar surface area (TPSA) is 86.7 Å². The van der Waals surface area contributed by atoms with E-state index in [-0.39, 0.29) is 0 Å². The highest BCUT2D eigenvalue weighted by Gasteiger charge is 2.13. The summed E-state index contributed by atoms with van der Waals surface area (Å²) >= 11 is 0. The lowest BCUT2D eigenvalue weighted by atomic mass is 10.1. The normalized spacial score (nSPS) is 12.5. The Hall–Kier alpha value is -1.83. The van der Waals surface area contributed by atoms with Crippen LogP contribution in [0.2, 0.25) is 0 Å². The molecular weight excluding hydrogens is 269 g/mol. The van der Waals surface area contributed by atoms with Gasteiger partial charge in [0.25, 0.3) is 0 Å². The number of aryl methyl sites for hydroxylation is 1. The molecule has 8 heteroatoms. The summed E-state index contributed by atoms with van der Waals surface area (Å²) in [5.74, 6) is 1.00. The van der Waals surface area contributed by atoms with Gasteiger partial charge >= 0.3 is 0 Å². The van der Waals surface area contributed by atoms with Crippen LogP contribution in [0.1, 0.15) is 6.92 Å². The van der Waals surface area contributed by atoms with Crippen LogP contribution in [-0.2, 0) is 17.3 Å². The van der Waals surface area contributed by atoms with E-state index in [4.69, 9.17) is 5.73 Å². The van der Waals surface area contributed by atoms with Crippen molar-refractivity contribution in [2.24, 2.45) is 0 Å². The summed E-state index contributed by atoms with van der Waals surface area (Å²) in [6, 6.07) is 4.03. The Morgan fingerprint density at radius 2 is 2.26 bits per heavy atom. The fourth-order valence-electron chi connectivity index (χ4n) is 1.60. The molecule has 0 bridgehead atoms. The predicted octanol–water partition coefficient (Wildman–Crippen LogP) is 0.830. The number of hydrogen-bond acceptors (Lipinski definition) is 5. The van der Waals surface area contributed by atoms with Gasteiger partial charge in [-0.15, -0.1) is 5.10 Å². The van der Waals surface area contributed by atoms with Crippen LogP contribution in [0.4, 0.5) is 10.1 Å². The first-order chi connectivity index (χ1) is 9.11. The summed E-state index contributed by atoms with van der Waals surface area (Å²) < 4.78 is 26.2. The van der Waals surface area contributed by atoms with E-state index in [1.165, 1.54) is 22.9 Å².